The number of nitrogens with zero attached hydrogens (tertiary/aromatic N) is 2. The van der Waals surface area contributed by atoms with E-state index in [1.807, 2.05) is 11.0 Å². The van der Waals surface area contributed by atoms with Gasteiger partial charge in [0.05, 0.1) is 5.56 Å². The van der Waals surface area contributed by atoms with Gasteiger partial charge in [0.2, 0.25) is 0 Å². The standard InChI is InChI=1S/C18H16N2O3/c21-16(12-5-6-15(17(22)23)19-9-12)20-10-13-3-1-2-4-14(13)18(11-20)7-8-18/h1-6,9H,7-8,10-11H2,(H,22,23). The summed E-state index contributed by atoms with van der Waals surface area (Å²) in [5, 5.41) is 8.89. The minimum absolute atomic E-state index is 0.0517. The van der Waals surface area contributed by atoms with Gasteiger partial charge in [-0.1, -0.05) is 24.3 Å². The second-order valence-corrected chi connectivity index (χ2v) is 6.34. The third kappa shape index (κ3) is 2.29. The first-order valence-corrected chi connectivity index (χ1v) is 7.66. The van der Waals surface area contributed by atoms with Gasteiger partial charge in [-0.3, -0.25) is 4.79 Å². The third-order valence-corrected chi connectivity index (χ3v) is 4.81. The lowest BCUT2D eigenvalue weighted by Crippen LogP contribution is -2.41. The summed E-state index contributed by atoms with van der Waals surface area (Å²) >= 11 is 0. The van der Waals surface area contributed by atoms with Crippen LogP contribution in [0.25, 0.3) is 0 Å². The molecule has 0 saturated heterocycles. The van der Waals surface area contributed by atoms with E-state index in [1.54, 1.807) is 6.07 Å². The van der Waals surface area contributed by atoms with Crippen molar-refractivity contribution in [3.8, 4) is 0 Å². The number of carbonyl (C=O) groups is 2. The van der Waals surface area contributed by atoms with Crippen molar-refractivity contribution in [1.29, 1.82) is 0 Å². The number of hydrogen-bond acceptors (Lipinski definition) is 3. The number of fused-ring (bicyclic) bond motifs is 2. The van der Waals surface area contributed by atoms with Gasteiger partial charge in [0.25, 0.3) is 5.91 Å². The molecule has 1 aliphatic carbocycles. The fourth-order valence-electron chi connectivity index (χ4n) is 3.44. The van der Waals surface area contributed by atoms with E-state index in [4.69, 9.17) is 5.11 Å². The van der Waals surface area contributed by atoms with Crippen molar-refractivity contribution < 1.29 is 14.7 Å². The van der Waals surface area contributed by atoms with Crippen LogP contribution in [0, 0.1) is 0 Å². The van der Waals surface area contributed by atoms with E-state index in [0.29, 0.717) is 12.1 Å². The summed E-state index contributed by atoms with van der Waals surface area (Å²) < 4.78 is 0. The van der Waals surface area contributed by atoms with Crippen molar-refractivity contribution in [1.82, 2.24) is 9.88 Å². The van der Waals surface area contributed by atoms with Crippen molar-refractivity contribution in [3.05, 3.63) is 65.0 Å². The minimum Gasteiger partial charge on any atom is -0.477 e. The second kappa shape index (κ2) is 4.91. The summed E-state index contributed by atoms with van der Waals surface area (Å²) in [4.78, 5) is 29.3. The van der Waals surface area contributed by atoms with Crippen LogP contribution < -0.4 is 0 Å². The Hall–Kier alpha value is -2.69. The summed E-state index contributed by atoms with van der Waals surface area (Å²) in [6.45, 7) is 1.32. The number of pyridine rings is 1. The molecule has 23 heavy (non-hydrogen) atoms. The third-order valence-electron chi connectivity index (χ3n) is 4.81. The largest absolute Gasteiger partial charge is 0.477 e. The van der Waals surface area contributed by atoms with Crippen LogP contribution in [0.3, 0.4) is 0 Å². The summed E-state index contributed by atoms with van der Waals surface area (Å²) in [5.41, 5.74) is 3.09. The molecule has 0 radical (unpaired) electrons. The molecule has 4 rings (SSSR count). The Kier molecular flexibility index (Phi) is 2.98. The molecule has 1 amide bonds. The maximum absolute atomic E-state index is 12.7. The van der Waals surface area contributed by atoms with Gasteiger partial charge in [-0.15, -0.1) is 0 Å². The average molecular weight is 308 g/mol. The smallest absolute Gasteiger partial charge is 0.354 e. The number of aromatic carboxylic acids is 1. The van der Waals surface area contributed by atoms with Crippen LogP contribution in [-0.4, -0.2) is 33.4 Å². The second-order valence-electron chi connectivity index (χ2n) is 6.34. The first-order chi connectivity index (χ1) is 11.1. The molecule has 1 aromatic carbocycles. The fourth-order valence-corrected chi connectivity index (χ4v) is 3.44. The van der Waals surface area contributed by atoms with Crippen LogP contribution in [-0.2, 0) is 12.0 Å². The number of rotatable bonds is 2. The summed E-state index contributed by atoms with van der Waals surface area (Å²) in [6, 6.07) is 11.2. The number of carbonyl (C=O) groups excluding carboxylic acids is 1. The average Bonchev–Trinajstić information content (AvgIpc) is 3.34. The van der Waals surface area contributed by atoms with Gasteiger partial charge >= 0.3 is 5.97 Å². The predicted octanol–water partition coefficient (Wildman–Crippen LogP) is 2.47. The van der Waals surface area contributed by atoms with Gasteiger partial charge in [-0.2, -0.15) is 0 Å². The van der Waals surface area contributed by atoms with Crippen LogP contribution in [0.2, 0.25) is 0 Å². The van der Waals surface area contributed by atoms with E-state index in [0.717, 1.165) is 19.4 Å². The molecule has 2 aliphatic rings. The zero-order valence-electron chi connectivity index (χ0n) is 12.5. The molecule has 0 unspecified atom stereocenters. The van der Waals surface area contributed by atoms with Gasteiger partial charge in [0, 0.05) is 24.7 Å². The minimum atomic E-state index is -1.09. The van der Waals surface area contributed by atoms with E-state index in [2.05, 4.69) is 23.2 Å². The Morgan fingerprint density at radius 2 is 1.91 bits per heavy atom. The molecular weight excluding hydrogens is 292 g/mol. The van der Waals surface area contributed by atoms with E-state index in [1.165, 1.54) is 23.4 Å². The Bertz CT molecular complexity index is 794. The lowest BCUT2D eigenvalue weighted by atomic mass is 9.87. The normalized spacial score (nSPS) is 17.7. The highest BCUT2D eigenvalue weighted by atomic mass is 16.4. The molecule has 1 aromatic heterocycles. The first kappa shape index (κ1) is 13.9. The van der Waals surface area contributed by atoms with Crippen LogP contribution in [0.15, 0.2) is 42.6 Å². The van der Waals surface area contributed by atoms with Gasteiger partial charge in [0.1, 0.15) is 5.69 Å². The lowest BCUT2D eigenvalue weighted by molar-refractivity contribution is 0.0682. The number of carboxylic acids is 1. The first-order valence-electron chi connectivity index (χ1n) is 7.66. The van der Waals surface area contributed by atoms with Gasteiger partial charge in [-0.25, -0.2) is 9.78 Å². The maximum atomic E-state index is 12.7. The van der Waals surface area contributed by atoms with Crippen LogP contribution in [0.1, 0.15) is 44.8 Å². The molecule has 5 nitrogen and oxygen atoms in total. The van der Waals surface area contributed by atoms with E-state index in [9.17, 15) is 9.59 Å². The molecule has 5 heteroatoms. The van der Waals surface area contributed by atoms with E-state index >= 15 is 0 Å². The molecule has 0 atom stereocenters. The van der Waals surface area contributed by atoms with Gasteiger partial charge < -0.3 is 10.0 Å². The van der Waals surface area contributed by atoms with Crippen molar-refractivity contribution in [3.63, 3.8) is 0 Å². The van der Waals surface area contributed by atoms with Crippen LogP contribution in [0.5, 0.6) is 0 Å². The van der Waals surface area contributed by atoms with E-state index < -0.39 is 5.97 Å². The molecule has 1 N–H and O–H groups in total. The van der Waals surface area contributed by atoms with Gasteiger partial charge in [0.15, 0.2) is 0 Å². The summed E-state index contributed by atoms with van der Waals surface area (Å²) in [5.74, 6) is -1.18. The van der Waals surface area contributed by atoms with Crippen molar-refractivity contribution in [2.75, 3.05) is 6.54 Å². The van der Waals surface area contributed by atoms with Crippen molar-refractivity contribution in [2.24, 2.45) is 0 Å². The monoisotopic (exact) mass is 308 g/mol. The number of amides is 1. The Morgan fingerprint density at radius 1 is 1.13 bits per heavy atom. The Labute approximate surface area is 133 Å². The lowest BCUT2D eigenvalue weighted by Gasteiger charge is -2.35. The van der Waals surface area contributed by atoms with Crippen LogP contribution in [0.4, 0.5) is 0 Å². The summed E-state index contributed by atoms with van der Waals surface area (Å²) in [6.07, 6.45) is 3.58. The molecular formula is C18H16N2O3. The van der Waals surface area contributed by atoms with Crippen LogP contribution >= 0.6 is 0 Å². The Balaban J connectivity index is 1.62. The molecule has 1 saturated carbocycles. The molecule has 2 heterocycles. The number of aromatic nitrogens is 1. The SMILES string of the molecule is O=C(O)c1ccc(C(=O)N2Cc3ccccc3C3(CC3)C2)cn1. The topological polar surface area (TPSA) is 70.5 Å². The molecule has 1 fully saturated rings. The summed E-state index contributed by atoms with van der Waals surface area (Å²) in [7, 11) is 0. The van der Waals surface area contributed by atoms with Crippen molar-refractivity contribution in [2.45, 2.75) is 24.8 Å². The maximum Gasteiger partial charge on any atom is 0.354 e. The molecule has 116 valence electrons. The number of benzene rings is 1. The zero-order chi connectivity index (χ0) is 16.0. The molecule has 0 bridgehead atoms. The molecule has 2 aromatic rings. The van der Waals surface area contributed by atoms with Crippen molar-refractivity contribution >= 4 is 11.9 Å². The molecule has 1 aliphatic heterocycles. The Morgan fingerprint density at radius 3 is 2.57 bits per heavy atom. The van der Waals surface area contributed by atoms with Gasteiger partial charge in [-0.05, 0) is 36.1 Å². The fraction of sp³-hybridized carbons (Fsp3) is 0.278. The highest BCUT2D eigenvalue weighted by Crippen LogP contribution is 2.52. The molecule has 1 spiro atoms. The zero-order valence-corrected chi connectivity index (χ0v) is 12.5. The predicted molar refractivity (Wildman–Crippen MR) is 83.3 cm³/mol. The number of carboxylic acid groups (broad SMARTS) is 1. The quantitative estimate of drug-likeness (QED) is 0.925. The highest BCUT2D eigenvalue weighted by molar-refractivity contribution is 5.95. The highest BCUT2D eigenvalue weighted by Gasteiger charge is 2.49. The van der Waals surface area contributed by atoms with E-state index in [-0.39, 0.29) is 17.0 Å². The number of hydrogen-bond donors (Lipinski definition) is 1.